The van der Waals surface area contributed by atoms with Gasteiger partial charge in [-0.3, -0.25) is 9.59 Å². The van der Waals surface area contributed by atoms with Crippen molar-refractivity contribution in [1.29, 1.82) is 0 Å². The molecule has 1 N–H and O–H groups in total. The second kappa shape index (κ2) is 7.43. The van der Waals surface area contributed by atoms with Crippen molar-refractivity contribution in [3.05, 3.63) is 46.3 Å². The summed E-state index contributed by atoms with van der Waals surface area (Å²) in [7, 11) is -2.46. The Balaban J connectivity index is 2.06. The average molecular weight is 387 g/mol. The maximum absolute atomic E-state index is 12.3. The summed E-state index contributed by atoms with van der Waals surface area (Å²) in [5, 5.41) is 2.58. The SMILES string of the molecule is CC(=O)c1cccc(NC(=O)CN(C)S(=O)(=O)c2ccc(Cl)s2)c1. The van der Waals surface area contributed by atoms with Crippen molar-refractivity contribution in [2.45, 2.75) is 11.1 Å². The minimum atomic E-state index is -3.77. The lowest BCUT2D eigenvalue weighted by Gasteiger charge is -2.15. The van der Waals surface area contributed by atoms with E-state index in [0.717, 1.165) is 15.6 Å². The zero-order valence-corrected chi connectivity index (χ0v) is 15.3. The van der Waals surface area contributed by atoms with Crippen LogP contribution in [0.3, 0.4) is 0 Å². The van der Waals surface area contributed by atoms with Crippen molar-refractivity contribution in [2.75, 3.05) is 18.9 Å². The number of nitrogens with one attached hydrogen (secondary N) is 1. The summed E-state index contributed by atoms with van der Waals surface area (Å²) in [6.45, 7) is 1.07. The van der Waals surface area contributed by atoms with Gasteiger partial charge in [0.1, 0.15) is 4.21 Å². The summed E-state index contributed by atoms with van der Waals surface area (Å²) in [6.07, 6.45) is 0. The fraction of sp³-hybridized carbons (Fsp3) is 0.200. The van der Waals surface area contributed by atoms with E-state index in [1.165, 1.54) is 32.2 Å². The molecule has 1 aromatic heterocycles. The number of sulfonamides is 1. The summed E-state index contributed by atoms with van der Waals surface area (Å²) in [5.74, 6) is -0.634. The van der Waals surface area contributed by atoms with Gasteiger partial charge in [0.2, 0.25) is 5.91 Å². The third-order valence-corrected chi connectivity index (χ3v) is 6.63. The van der Waals surface area contributed by atoms with Crippen molar-refractivity contribution in [3.8, 4) is 0 Å². The Hall–Kier alpha value is -1.74. The van der Waals surface area contributed by atoms with Crippen LogP contribution in [0.4, 0.5) is 5.69 Å². The highest BCUT2D eigenvalue weighted by molar-refractivity contribution is 7.91. The number of amides is 1. The van der Waals surface area contributed by atoms with Crippen molar-refractivity contribution in [2.24, 2.45) is 0 Å². The Bertz CT molecular complexity index is 877. The van der Waals surface area contributed by atoms with Crippen LogP contribution in [0.2, 0.25) is 4.34 Å². The number of hydrogen-bond donors (Lipinski definition) is 1. The Morgan fingerprint density at radius 1 is 1.25 bits per heavy atom. The predicted molar refractivity (Wildman–Crippen MR) is 94.2 cm³/mol. The van der Waals surface area contributed by atoms with Gasteiger partial charge in [0.15, 0.2) is 5.78 Å². The lowest BCUT2D eigenvalue weighted by Crippen LogP contribution is -2.34. The Labute approximate surface area is 149 Å². The number of Topliss-reactive ketones (excluding diaryl/α,β-unsaturated/α-hetero) is 1. The molecule has 24 heavy (non-hydrogen) atoms. The molecule has 0 radical (unpaired) electrons. The first-order valence-electron chi connectivity index (χ1n) is 6.82. The van der Waals surface area contributed by atoms with Gasteiger partial charge >= 0.3 is 0 Å². The van der Waals surface area contributed by atoms with Gasteiger partial charge < -0.3 is 5.32 Å². The standard InChI is InChI=1S/C15H15ClN2O4S2/c1-10(19)11-4-3-5-12(8-11)17-14(20)9-18(2)24(21,22)15-7-6-13(16)23-15/h3-8H,9H2,1-2H3,(H,17,20). The molecular formula is C15H15ClN2O4S2. The van der Waals surface area contributed by atoms with Crippen LogP contribution < -0.4 is 5.32 Å². The molecule has 0 atom stereocenters. The second-order valence-corrected chi connectivity index (χ2v) is 8.99. The van der Waals surface area contributed by atoms with Gasteiger partial charge in [0.05, 0.1) is 10.9 Å². The maximum Gasteiger partial charge on any atom is 0.252 e. The van der Waals surface area contributed by atoms with Crippen LogP contribution in [0.1, 0.15) is 17.3 Å². The van der Waals surface area contributed by atoms with Crippen LogP contribution in [-0.4, -0.2) is 38.0 Å². The first kappa shape index (κ1) is 18.6. The van der Waals surface area contributed by atoms with Gasteiger partial charge in [-0.05, 0) is 31.2 Å². The summed E-state index contributed by atoms with van der Waals surface area (Å²) >= 11 is 6.68. The number of halogens is 1. The van der Waals surface area contributed by atoms with Gasteiger partial charge in [0, 0.05) is 18.3 Å². The van der Waals surface area contributed by atoms with E-state index in [0.29, 0.717) is 15.6 Å². The van der Waals surface area contributed by atoms with Crippen molar-refractivity contribution < 1.29 is 18.0 Å². The minimum absolute atomic E-state index is 0.0707. The fourth-order valence-corrected chi connectivity index (χ4v) is 4.71. The number of hydrogen-bond acceptors (Lipinski definition) is 5. The second-order valence-electron chi connectivity index (χ2n) is 5.00. The van der Waals surface area contributed by atoms with Gasteiger partial charge in [-0.15, -0.1) is 11.3 Å². The van der Waals surface area contributed by atoms with Crippen molar-refractivity contribution in [1.82, 2.24) is 4.31 Å². The smallest absolute Gasteiger partial charge is 0.252 e. The third-order valence-electron chi connectivity index (χ3n) is 3.13. The van der Waals surface area contributed by atoms with E-state index in [1.807, 2.05) is 0 Å². The predicted octanol–water partition coefficient (Wildman–Crippen LogP) is 2.86. The summed E-state index contributed by atoms with van der Waals surface area (Å²) in [5.41, 5.74) is 0.889. The molecule has 0 fully saturated rings. The Morgan fingerprint density at radius 3 is 2.54 bits per heavy atom. The first-order valence-corrected chi connectivity index (χ1v) is 9.46. The monoisotopic (exact) mass is 386 g/mol. The number of nitrogens with zero attached hydrogens (tertiary/aromatic N) is 1. The normalized spacial score (nSPS) is 11.5. The van der Waals surface area contributed by atoms with E-state index >= 15 is 0 Å². The number of ketones is 1. The molecular weight excluding hydrogens is 372 g/mol. The highest BCUT2D eigenvalue weighted by Gasteiger charge is 2.24. The Kier molecular flexibility index (Phi) is 5.76. The zero-order valence-electron chi connectivity index (χ0n) is 12.9. The number of anilines is 1. The molecule has 128 valence electrons. The molecule has 0 aliphatic heterocycles. The number of likely N-dealkylation sites (N-methyl/N-ethyl adjacent to an activating group) is 1. The average Bonchev–Trinajstić information content (AvgIpc) is 2.94. The highest BCUT2D eigenvalue weighted by atomic mass is 35.5. The maximum atomic E-state index is 12.3. The van der Waals surface area contributed by atoms with E-state index in [1.54, 1.807) is 18.2 Å². The topological polar surface area (TPSA) is 83.6 Å². The van der Waals surface area contributed by atoms with Gasteiger partial charge in [-0.25, -0.2) is 8.42 Å². The van der Waals surface area contributed by atoms with Crippen LogP contribution >= 0.6 is 22.9 Å². The van der Waals surface area contributed by atoms with Gasteiger partial charge in [-0.1, -0.05) is 23.7 Å². The van der Waals surface area contributed by atoms with Gasteiger partial charge in [-0.2, -0.15) is 4.31 Å². The zero-order chi connectivity index (χ0) is 17.9. The molecule has 0 saturated heterocycles. The molecule has 0 aliphatic rings. The third kappa shape index (κ3) is 4.41. The number of thiophene rings is 1. The first-order chi connectivity index (χ1) is 11.2. The van der Waals surface area contributed by atoms with Crippen molar-refractivity contribution >= 4 is 50.3 Å². The molecule has 2 aromatic rings. The number of carbonyl (C=O) groups excluding carboxylic acids is 2. The molecule has 0 bridgehead atoms. The number of carbonyl (C=O) groups is 2. The number of benzene rings is 1. The quantitative estimate of drug-likeness (QED) is 0.774. The van der Waals surface area contributed by atoms with Crippen LogP contribution in [0.5, 0.6) is 0 Å². The molecule has 6 nitrogen and oxygen atoms in total. The van der Waals surface area contributed by atoms with Crippen LogP contribution in [0.25, 0.3) is 0 Å². The van der Waals surface area contributed by atoms with E-state index in [2.05, 4.69) is 5.32 Å². The molecule has 9 heteroatoms. The minimum Gasteiger partial charge on any atom is -0.325 e. The van der Waals surface area contributed by atoms with E-state index in [4.69, 9.17) is 11.6 Å². The fourth-order valence-electron chi connectivity index (χ4n) is 1.89. The largest absolute Gasteiger partial charge is 0.325 e. The lowest BCUT2D eigenvalue weighted by molar-refractivity contribution is -0.116. The van der Waals surface area contributed by atoms with Gasteiger partial charge in [0.25, 0.3) is 10.0 Å². The van der Waals surface area contributed by atoms with Crippen molar-refractivity contribution in [3.63, 3.8) is 0 Å². The molecule has 0 unspecified atom stereocenters. The number of rotatable bonds is 6. The molecule has 2 rings (SSSR count). The van der Waals surface area contributed by atoms with E-state index in [-0.39, 0.29) is 16.5 Å². The lowest BCUT2D eigenvalue weighted by atomic mass is 10.1. The van der Waals surface area contributed by atoms with Crippen LogP contribution in [0.15, 0.2) is 40.6 Å². The van der Waals surface area contributed by atoms with Crippen LogP contribution in [-0.2, 0) is 14.8 Å². The molecule has 1 heterocycles. The molecule has 0 aliphatic carbocycles. The highest BCUT2D eigenvalue weighted by Crippen LogP contribution is 2.27. The molecule has 1 aromatic carbocycles. The Morgan fingerprint density at radius 2 is 1.96 bits per heavy atom. The molecule has 0 spiro atoms. The molecule has 1 amide bonds. The summed E-state index contributed by atoms with van der Waals surface area (Å²) in [4.78, 5) is 23.4. The van der Waals surface area contributed by atoms with Crippen LogP contribution in [0, 0.1) is 0 Å². The van der Waals surface area contributed by atoms with E-state index in [9.17, 15) is 18.0 Å². The van der Waals surface area contributed by atoms with E-state index < -0.39 is 15.9 Å². The summed E-state index contributed by atoms with van der Waals surface area (Å²) in [6, 6.07) is 9.31. The molecule has 0 saturated carbocycles. The summed E-state index contributed by atoms with van der Waals surface area (Å²) < 4.78 is 26.0.